The van der Waals surface area contributed by atoms with E-state index in [1.807, 2.05) is 30.3 Å². The van der Waals surface area contributed by atoms with E-state index in [9.17, 15) is 14.9 Å². The molecule has 144 valence electrons. The lowest BCUT2D eigenvalue weighted by Gasteiger charge is -2.01. The van der Waals surface area contributed by atoms with Crippen LogP contribution >= 0.6 is 11.8 Å². The highest BCUT2D eigenvalue weighted by Gasteiger charge is 2.25. The van der Waals surface area contributed by atoms with E-state index in [-0.39, 0.29) is 11.6 Å². The largest absolute Gasteiger partial charge is 0.456 e. The van der Waals surface area contributed by atoms with Gasteiger partial charge in [-0.15, -0.1) is 0 Å². The van der Waals surface area contributed by atoms with E-state index < -0.39 is 4.92 Å². The quantitative estimate of drug-likeness (QED) is 0.372. The number of benzene rings is 2. The Hall–Kier alpha value is -3.65. The molecule has 0 unspecified atom stereocenters. The molecule has 1 amide bonds. The molecule has 0 spiro atoms. The van der Waals surface area contributed by atoms with E-state index in [4.69, 9.17) is 4.42 Å². The first-order valence-electron chi connectivity index (χ1n) is 8.69. The number of thioether (sulfide) groups is 1. The molecule has 29 heavy (non-hydrogen) atoms. The fourth-order valence-corrected chi connectivity index (χ4v) is 3.63. The first kappa shape index (κ1) is 18.7. The van der Waals surface area contributed by atoms with Crippen LogP contribution in [0.15, 0.2) is 75.0 Å². The molecule has 0 radical (unpaired) electrons. The van der Waals surface area contributed by atoms with Crippen LogP contribution in [0.25, 0.3) is 17.4 Å². The van der Waals surface area contributed by atoms with Gasteiger partial charge >= 0.3 is 0 Å². The van der Waals surface area contributed by atoms with Crippen LogP contribution in [0.2, 0.25) is 0 Å². The van der Waals surface area contributed by atoms with Crippen LogP contribution in [0.3, 0.4) is 0 Å². The average molecular weight is 405 g/mol. The molecule has 0 atom stereocenters. The summed E-state index contributed by atoms with van der Waals surface area (Å²) in [6, 6.07) is 17.6. The van der Waals surface area contributed by atoms with Gasteiger partial charge in [-0.1, -0.05) is 24.3 Å². The number of hydrogen-bond acceptors (Lipinski definition) is 6. The molecule has 8 heteroatoms. The number of amidine groups is 1. The van der Waals surface area contributed by atoms with E-state index >= 15 is 0 Å². The molecule has 0 aliphatic carbocycles. The molecule has 1 aliphatic heterocycles. The Balaban J connectivity index is 1.60. The van der Waals surface area contributed by atoms with Crippen molar-refractivity contribution in [1.29, 1.82) is 0 Å². The van der Waals surface area contributed by atoms with Gasteiger partial charge in [0.15, 0.2) is 5.17 Å². The summed E-state index contributed by atoms with van der Waals surface area (Å²) < 4.78 is 5.75. The van der Waals surface area contributed by atoms with Crippen molar-refractivity contribution in [3.63, 3.8) is 0 Å². The monoisotopic (exact) mass is 405 g/mol. The van der Waals surface area contributed by atoms with Crippen LogP contribution in [0.5, 0.6) is 0 Å². The van der Waals surface area contributed by atoms with E-state index in [2.05, 4.69) is 10.3 Å². The van der Waals surface area contributed by atoms with Crippen molar-refractivity contribution in [1.82, 2.24) is 5.32 Å². The number of rotatable bonds is 4. The maximum atomic E-state index is 12.2. The summed E-state index contributed by atoms with van der Waals surface area (Å²) in [5.41, 5.74) is 1.89. The van der Waals surface area contributed by atoms with Crippen LogP contribution in [0.4, 0.5) is 11.4 Å². The highest BCUT2D eigenvalue weighted by Crippen LogP contribution is 2.34. The standard InChI is InChI=1S/C21H15N3O4S/c1-13-7-9-16(17(11-13)24(26)27)18-10-8-15(28-18)12-19-20(25)23-21(29-19)22-14-5-3-2-4-6-14/h2-12H,1H3,(H,22,23,25)/b19-12-. The van der Waals surface area contributed by atoms with Gasteiger partial charge in [-0.25, -0.2) is 4.99 Å². The maximum absolute atomic E-state index is 12.2. The summed E-state index contributed by atoms with van der Waals surface area (Å²) in [7, 11) is 0. The smallest absolute Gasteiger partial charge is 0.280 e. The number of furan rings is 1. The Morgan fingerprint density at radius 2 is 1.93 bits per heavy atom. The number of aryl methyl sites for hydroxylation is 1. The molecule has 7 nitrogen and oxygen atoms in total. The number of nitro groups is 1. The van der Waals surface area contributed by atoms with Crippen LogP contribution in [0, 0.1) is 17.0 Å². The molecule has 2 aromatic carbocycles. The third-order valence-electron chi connectivity index (χ3n) is 4.15. The van der Waals surface area contributed by atoms with Crippen LogP contribution in [-0.4, -0.2) is 16.0 Å². The van der Waals surface area contributed by atoms with E-state index in [0.29, 0.717) is 27.2 Å². The minimum Gasteiger partial charge on any atom is -0.456 e. The summed E-state index contributed by atoms with van der Waals surface area (Å²) in [5.74, 6) is 0.516. The van der Waals surface area contributed by atoms with Gasteiger partial charge in [-0.05, 0) is 54.6 Å². The summed E-state index contributed by atoms with van der Waals surface area (Å²) in [6.07, 6.45) is 1.59. The van der Waals surface area contributed by atoms with Crippen molar-refractivity contribution in [2.24, 2.45) is 4.99 Å². The molecule has 1 N–H and O–H groups in total. The number of hydrogen-bond donors (Lipinski definition) is 1. The lowest BCUT2D eigenvalue weighted by Crippen LogP contribution is -2.19. The van der Waals surface area contributed by atoms with Crippen LogP contribution in [-0.2, 0) is 4.79 Å². The van der Waals surface area contributed by atoms with Crippen LogP contribution < -0.4 is 5.32 Å². The maximum Gasteiger partial charge on any atom is 0.280 e. The Bertz CT molecular complexity index is 1170. The lowest BCUT2D eigenvalue weighted by atomic mass is 10.1. The van der Waals surface area contributed by atoms with Gasteiger partial charge < -0.3 is 9.73 Å². The minimum atomic E-state index is -0.435. The Labute approximate surface area is 170 Å². The number of aliphatic imine (C=N–C) groups is 1. The predicted octanol–water partition coefficient (Wildman–Crippen LogP) is 5.05. The highest BCUT2D eigenvalue weighted by atomic mass is 32.2. The van der Waals surface area contributed by atoms with Crippen molar-refractivity contribution in [2.75, 3.05) is 0 Å². The predicted molar refractivity (Wildman–Crippen MR) is 113 cm³/mol. The third-order valence-corrected chi connectivity index (χ3v) is 5.06. The fraction of sp³-hybridized carbons (Fsp3) is 0.0476. The van der Waals surface area contributed by atoms with Gasteiger partial charge in [0.05, 0.1) is 21.1 Å². The van der Waals surface area contributed by atoms with Crippen molar-refractivity contribution in [2.45, 2.75) is 6.92 Å². The summed E-state index contributed by atoms with van der Waals surface area (Å²) in [5, 5.41) is 14.5. The van der Waals surface area contributed by atoms with E-state index in [1.54, 1.807) is 37.3 Å². The zero-order valence-corrected chi connectivity index (χ0v) is 16.1. The molecule has 2 heterocycles. The minimum absolute atomic E-state index is 0.0242. The second-order valence-electron chi connectivity index (χ2n) is 6.30. The second kappa shape index (κ2) is 7.76. The molecule has 1 aliphatic rings. The molecule has 0 saturated carbocycles. The SMILES string of the molecule is Cc1ccc(-c2ccc(/C=C3\SC(=Nc4ccccc4)NC3=O)o2)c([N+](=O)[O-])c1. The number of carbonyl (C=O) groups is 1. The molecular weight excluding hydrogens is 390 g/mol. The van der Waals surface area contributed by atoms with Gasteiger partial charge in [0.2, 0.25) is 0 Å². The van der Waals surface area contributed by atoms with Gasteiger partial charge in [0.1, 0.15) is 11.5 Å². The molecule has 3 aromatic rings. The number of para-hydroxylation sites is 1. The number of nitrogens with zero attached hydrogens (tertiary/aromatic N) is 2. The fourth-order valence-electron chi connectivity index (χ4n) is 2.81. The van der Waals surface area contributed by atoms with Gasteiger partial charge in [0, 0.05) is 12.1 Å². The Morgan fingerprint density at radius 1 is 1.14 bits per heavy atom. The van der Waals surface area contributed by atoms with Gasteiger partial charge in [-0.2, -0.15) is 0 Å². The zero-order valence-electron chi connectivity index (χ0n) is 15.3. The van der Waals surface area contributed by atoms with Crippen molar-refractivity contribution in [3.8, 4) is 11.3 Å². The summed E-state index contributed by atoms with van der Waals surface area (Å²) in [4.78, 5) is 28.0. The first-order valence-corrected chi connectivity index (χ1v) is 9.51. The normalized spacial score (nSPS) is 16.4. The number of amides is 1. The third kappa shape index (κ3) is 4.12. The molecule has 4 rings (SSSR count). The van der Waals surface area contributed by atoms with Crippen molar-refractivity contribution < 1.29 is 14.1 Å². The number of carbonyl (C=O) groups excluding carboxylic acids is 1. The van der Waals surface area contributed by atoms with E-state index in [0.717, 1.165) is 11.3 Å². The van der Waals surface area contributed by atoms with Crippen molar-refractivity contribution >= 4 is 40.3 Å². The zero-order chi connectivity index (χ0) is 20.4. The molecule has 1 saturated heterocycles. The van der Waals surface area contributed by atoms with E-state index in [1.165, 1.54) is 17.8 Å². The molecule has 1 aromatic heterocycles. The topological polar surface area (TPSA) is 97.7 Å². The van der Waals surface area contributed by atoms with Gasteiger partial charge in [-0.3, -0.25) is 14.9 Å². The summed E-state index contributed by atoms with van der Waals surface area (Å²) in [6.45, 7) is 1.79. The number of nitro benzene ring substituents is 1. The number of nitrogens with one attached hydrogen (secondary N) is 1. The molecular formula is C21H15N3O4S. The van der Waals surface area contributed by atoms with Crippen molar-refractivity contribution in [3.05, 3.63) is 87.0 Å². The second-order valence-corrected chi connectivity index (χ2v) is 7.33. The first-order chi connectivity index (χ1) is 14.0. The average Bonchev–Trinajstić information content (AvgIpc) is 3.29. The summed E-state index contributed by atoms with van der Waals surface area (Å²) >= 11 is 1.21. The Morgan fingerprint density at radius 3 is 2.69 bits per heavy atom. The highest BCUT2D eigenvalue weighted by molar-refractivity contribution is 8.18. The Kier molecular flexibility index (Phi) is 5.01. The molecule has 0 bridgehead atoms. The van der Waals surface area contributed by atoms with Gasteiger partial charge in [0.25, 0.3) is 11.6 Å². The molecule has 1 fully saturated rings. The van der Waals surface area contributed by atoms with Crippen LogP contribution in [0.1, 0.15) is 11.3 Å². The lowest BCUT2D eigenvalue weighted by molar-refractivity contribution is -0.384.